The highest BCUT2D eigenvalue weighted by Crippen LogP contribution is 2.38. The van der Waals surface area contributed by atoms with Gasteiger partial charge in [-0.05, 0) is 80.6 Å². The molecule has 2 aliphatic rings. The van der Waals surface area contributed by atoms with Gasteiger partial charge in [0, 0.05) is 17.6 Å². The van der Waals surface area contributed by atoms with E-state index in [9.17, 15) is 17.6 Å². The van der Waals surface area contributed by atoms with Crippen molar-refractivity contribution in [3.63, 3.8) is 0 Å². The highest BCUT2D eigenvalue weighted by atomic mass is 32.2. The number of hydrogen-bond acceptors (Lipinski definition) is 3. The highest BCUT2D eigenvalue weighted by Gasteiger charge is 2.37. The van der Waals surface area contributed by atoms with Crippen molar-refractivity contribution in [3.8, 4) is 0 Å². The number of hydrogen-bond donors (Lipinski definition) is 1. The van der Waals surface area contributed by atoms with Gasteiger partial charge in [0.25, 0.3) is 10.0 Å². The third-order valence-corrected chi connectivity index (χ3v) is 7.06. The number of nitrogens with one attached hydrogen (secondary N) is 1. The number of rotatable bonds is 4. The van der Waals surface area contributed by atoms with Crippen LogP contribution in [0.15, 0.2) is 41.3 Å². The minimum absolute atomic E-state index is 0.0216. The number of sulfonamides is 1. The molecule has 1 saturated carbocycles. The van der Waals surface area contributed by atoms with Gasteiger partial charge in [-0.3, -0.25) is 9.52 Å². The van der Waals surface area contributed by atoms with Crippen LogP contribution in [0.4, 0.5) is 15.8 Å². The minimum Gasteiger partial charge on any atom is -0.309 e. The van der Waals surface area contributed by atoms with Crippen molar-refractivity contribution in [2.75, 3.05) is 9.62 Å². The van der Waals surface area contributed by atoms with Crippen molar-refractivity contribution >= 4 is 27.3 Å². The fourth-order valence-electron chi connectivity index (χ4n) is 3.91. The number of halogens is 1. The quantitative estimate of drug-likeness (QED) is 0.840. The van der Waals surface area contributed by atoms with Gasteiger partial charge in [0.1, 0.15) is 5.82 Å². The first-order valence-corrected chi connectivity index (χ1v) is 11.0. The standard InChI is InChI=1S/C21H23FN2O3S/c1-13-10-17(22)6-8-19(13)23-28(26,27)18-7-9-20-16(12-18)11-14(2)24(20)21(25)15-4-3-5-15/h6-10,12,14-15,23H,3-5,11H2,1-2H3. The van der Waals surface area contributed by atoms with E-state index in [4.69, 9.17) is 0 Å². The summed E-state index contributed by atoms with van der Waals surface area (Å²) in [6.45, 7) is 3.64. The molecule has 1 aliphatic carbocycles. The van der Waals surface area contributed by atoms with E-state index < -0.39 is 15.8 Å². The number of nitrogens with zero attached hydrogens (tertiary/aromatic N) is 1. The zero-order chi connectivity index (χ0) is 20.1. The zero-order valence-corrected chi connectivity index (χ0v) is 16.7. The second kappa shape index (κ2) is 6.88. The predicted molar refractivity (Wildman–Crippen MR) is 106 cm³/mol. The van der Waals surface area contributed by atoms with E-state index in [2.05, 4.69) is 4.72 Å². The van der Waals surface area contributed by atoms with Crippen LogP contribution in [0.2, 0.25) is 0 Å². The molecule has 148 valence electrons. The molecule has 1 aliphatic heterocycles. The van der Waals surface area contributed by atoms with Gasteiger partial charge in [-0.15, -0.1) is 0 Å². The average Bonchev–Trinajstić information content (AvgIpc) is 2.90. The van der Waals surface area contributed by atoms with E-state index >= 15 is 0 Å². The molecule has 0 aromatic heterocycles. The third-order valence-electron chi connectivity index (χ3n) is 5.70. The maximum absolute atomic E-state index is 13.3. The first-order valence-electron chi connectivity index (χ1n) is 9.51. The Bertz CT molecular complexity index is 1050. The Kier molecular flexibility index (Phi) is 4.65. The number of aryl methyl sites for hydroxylation is 1. The fraction of sp³-hybridized carbons (Fsp3) is 0.381. The molecule has 0 bridgehead atoms. The van der Waals surface area contributed by atoms with Gasteiger partial charge in [-0.1, -0.05) is 6.42 Å². The molecule has 1 heterocycles. The molecule has 1 fully saturated rings. The summed E-state index contributed by atoms with van der Waals surface area (Å²) >= 11 is 0. The summed E-state index contributed by atoms with van der Waals surface area (Å²) in [5.74, 6) is -0.170. The Morgan fingerprint density at radius 2 is 1.93 bits per heavy atom. The Hall–Kier alpha value is -2.41. The van der Waals surface area contributed by atoms with Gasteiger partial charge in [0.2, 0.25) is 5.91 Å². The second-order valence-electron chi connectivity index (χ2n) is 7.74. The fourth-order valence-corrected chi connectivity index (χ4v) is 5.09. The van der Waals surface area contributed by atoms with Crippen molar-refractivity contribution in [2.45, 2.75) is 50.5 Å². The first kappa shape index (κ1) is 18.9. The Morgan fingerprint density at radius 3 is 2.57 bits per heavy atom. The Labute approximate surface area is 164 Å². The number of benzene rings is 2. The van der Waals surface area contributed by atoms with Crippen LogP contribution in [0.25, 0.3) is 0 Å². The molecule has 28 heavy (non-hydrogen) atoms. The number of carbonyl (C=O) groups excluding carboxylic acids is 1. The van der Waals surface area contributed by atoms with E-state index in [1.54, 1.807) is 19.1 Å². The van der Waals surface area contributed by atoms with Gasteiger partial charge in [0.05, 0.1) is 10.6 Å². The maximum atomic E-state index is 13.3. The lowest BCUT2D eigenvalue weighted by molar-refractivity contribution is -0.125. The van der Waals surface area contributed by atoms with Crippen molar-refractivity contribution in [2.24, 2.45) is 5.92 Å². The van der Waals surface area contributed by atoms with Gasteiger partial charge >= 0.3 is 0 Å². The number of anilines is 2. The average molecular weight is 402 g/mol. The van der Waals surface area contributed by atoms with E-state index in [-0.39, 0.29) is 22.8 Å². The van der Waals surface area contributed by atoms with Crippen molar-refractivity contribution < 1.29 is 17.6 Å². The smallest absolute Gasteiger partial charge is 0.261 e. The van der Waals surface area contributed by atoms with E-state index in [1.807, 2.05) is 11.8 Å². The van der Waals surface area contributed by atoms with Crippen LogP contribution in [0, 0.1) is 18.7 Å². The molecule has 5 nitrogen and oxygen atoms in total. The molecule has 2 aromatic carbocycles. The summed E-state index contributed by atoms with van der Waals surface area (Å²) in [7, 11) is -3.81. The molecule has 1 unspecified atom stereocenters. The topological polar surface area (TPSA) is 66.5 Å². The van der Waals surface area contributed by atoms with Crippen molar-refractivity contribution in [1.29, 1.82) is 0 Å². The predicted octanol–water partition coefficient (Wildman–Crippen LogP) is 4.01. The summed E-state index contributed by atoms with van der Waals surface area (Å²) in [5.41, 5.74) is 2.52. The van der Waals surface area contributed by atoms with Crippen molar-refractivity contribution in [3.05, 3.63) is 53.3 Å². The Balaban J connectivity index is 1.62. The van der Waals surface area contributed by atoms with Crippen LogP contribution >= 0.6 is 0 Å². The van der Waals surface area contributed by atoms with E-state index in [0.717, 1.165) is 30.5 Å². The van der Waals surface area contributed by atoms with Gasteiger partial charge in [0.15, 0.2) is 0 Å². The van der Waals surface area contributed by atoms with Crippen LogP contribution in [0.5, 0.6) is 0 Å². The molecular formula is C21H23FN2O3S. The number of amides is 1. The zero-order valence-electron chi connectivity index (χ0n) is 15.9. The molecule has 0 saturated heterocycles. The summed E-state index contributed by atoms with van der Waals surface area (Å²) in [5, 5.41) is 0. The van der Waals surface area contributed by atoms with Crippen molar-refractivity contribution in [1.82, 2.24) is 0 Å². The lowest BCUT2D eigenvalue weighted by Gasteiger charge is -2.32. The summed E-state index contributed by atoms with van der Waals surface area (Å²) in [6.07, 6.45) is 3.60. The van der Waals surface area contributed by atoms with Crippen LogP contribution in [-0.2, 0) is 21.2 Å². The molecule has 1 N–H and O–H groups in total. The van der Waals surface area contributed by atoms with Crippen LogP contribution in [-0.4, -0.2) is 20.4 Å². The lowest BCUT2D eigenvalue weighted by atomic mass is 9.84. The number of carbonyl (C=O) groups is 1. The second-order valence-corrected chi connectivity index (χ2v) is 9.43. The normalized spacial score (nSPS) is 19.2. The monoisotopic (exact) mass is 402 g/mol. The molecule has 1 atom stereocenters. The Morgan fingerprint density at radius 1 is 1.18 bits per heavy atom. The van der Waals surface area contributed by atoms with Gasteiger partial charge < -0.3 is 4.90 Å². The third kappa shape index (κ3) is 3.28. The van der Waals surface area contributed by atoms with Gasteiger partial charge in [-0.2, -0.15) is 0 Å². The largest absolute Gasteiger partial charge is 0.309 e. The lowest BCUT2D eigenvalue weighted by Crippen LogP contribution is -2.42. The molecular weight excluding hydrogens is 379 g/mol. The highest BCUT2D eigenvalue weighted by molar-refractivity contribution is 7.92. The maximum Gasteiger partial charge on any atom is 0.261 e. The van der Waals surface area contributed by atoms with Crippen LogP contribution in [0.3, 0.4) is 0 Å². The molecule has 2 aromatic rings. The van der Waals surface area contributed by atoms with Crippen LogP contribution in [0.1, 0.15) is 37.3 Å². The minimum atomic E-state index is -3.81. The molecule has 1 amide bonds. The molecule has 0 radical (unpaired) electrons. The van der Waals surface area contributed by atoms with E-state index in [1.165, 1.54) is 24.3 Å². The molecule has 4 rings (SSSR count). The summed E-state index contributed by atoms with van der Waals surface area (Å²) in [4.78, 5) is 14.7. The molecule has 0 spiro atoms. The summed E-state index contributed by atoms with van der Waals surface area (Å²) < 4.78 is 41.4. The van der Waals surface area contributed by atoms with Crippen LogP contribution < -0.4 is 9.62 Å². The van der Waals surface area contributed by atoms with Gasteiger partial charge in [-0.25, -0.2) is 12.8 Å². The number of fused-ring (bicyclic) bond motifs is 1. The first-order chi connectivity index (χ1) is 13.3. The summed E-state index contributed by atoms with van der Waals surface area (Å²) in [6, 6.07) is 8.83. The van der Waals surface area contributed by atoms with E-state index in [0.29, 0.717) is 17.7 Å². The molecule has 7 heteroatoms. The SMILES string of the molecule is Cc1cc(F)ccc1NS(=O)(=O)c1ccc2c(c1)CC(C)N2C(=O)C1CCC1.